The number of aromatic nitrogens is 2. The third-order valence-corrected chi connectivity index (χ3v) is 3.61. The van der Waals surface area contributed by atoms with Gasteiger partial charge in [-0.05, 0) is 50.5 Å². The van der Waals surface area contributed by atoms with Gasteiger partial charge < -0.3 is 0 Å². The van der Waals surface area contributed by atoms with Gasteiger partial charge in [0.1, 0.15) is 5.82 Å². The highest BCUT2D eigenvalue weighted by Crippen LogP contribution is 2.29. The molecule has 1 unspecified atom stereocenters. The van der Waals surface area contributed by atoms with Crippen molar-refractivity contribution in [3.63, 3.8) is 0 Å². The van der Waals surface area contributed by atoms with Crippen LogP contribution in [-0.4, -0.2) is 10.2 Å². The number of rotatable bonds is 4. The third kappa shape index (κ3) is 3.09. The molecule has 112 valence electrons. The zero-order chi connectivity index (χ0) is 15.6. The second-order valence-electron chi connectivity index (χ2n) is 5.32. The maximum atomic E-state index is 14.4. The highest BCUT2D eigenvalue weighted by Gasteiger charge is 2.22. The average molecular weight is 288 g/mol. The highest BCUT2D eigenvalue weighted by molar-refractivity contribution is 5.41. The normalized spacial score (nSPS) is 12.5. The molecule has 3 N–H and O–H groups in total. The van der Waals surface area contributed by atoms with E-state index < -0.39 is 6.04 Å². The largest absolute Gasteiger partial charge is 0.271 e. The number of halogens is 1. The quantitative estimate of drug-likeness (QED) is 0.670. The van der Waals surface area contributed by atoms with Gasteiger partial charge in [-0.3, -0.25) is 5.84 Å². The van der Waals surface area contributed by atoms with Crippen LogP contribution in [0.4, 0.5) is 4.39 Å². The second kappa shape index (κ2) is 6.28. The molecule has 0 amide bonds. The second-order valence-corrected chi connectivity index (χ2v) is 5.32. The molecule has 1 aromatic carbocycles. The lowest BCUT2D eigenvalue weighted by molar-refractivity contribution is 0.551. The molecule has 0 aliphatic carbocycles. The van der Waals surface area contributed by atoms with Crippen LogP contribution in [0.1, 0.15) is 46.6 Å². The van der Waals surface area contributed by atoms with Crippen LogP contribution in [0.15, 0.2) is 18.2 Å². The monoisotopic (exact) mass is 288 g/mol. The van der Waals surface area contributed by atoms with E-state index in [4.69, 9.17) is 5.84 Å². The minimum Gasteiger partial charge on any atom is -0.271 e. The van der Waals surface area contributed by atoms with Crippen LogP contribution < -0.4 is 11.3 Å². The lowest BCUT2D eigenvalue weighted by Gasteiger charge is -2.22. The van der Waals surface area contributed by atoms with Crippen LogP contribution in [0, 0.1) is 26.6 Å². The van der Waals surface area contributed by atoms with Gasteiger partial charge in [0.15, 0.2) is 0 Å². The highest BCUT2D eigenvalue weighted by atomic mass is 19.1. The summed E-state index contributed by atoms with van der Waals surface area (Å²) in [5.74, 6) is 5.46. The molecule has 0 aliphatic rings. The van der Waals surface area contributed by atoms with Crippen molar-refractivity contribution in [2.24, 2.45) is 5.84 Å². The van der Waals surface area contributed by atoms with Gasteiger partial charge in [-0.15, -0.1) is 0 Å². The molecule has 2 aromatic rings. The van der Waals surface area contributed by atoms with Crippen molar-refractivity contribution in [3.8, 4) is 0 Å². The van der Waals surface area contributed by atoms with E-state index in [1.165, 1.54) is 6.07 Å². The molecule has 1 heterocycles. The fourth-order valence-corrected chi connectivity index (χ4v) is 2.68. The van der Waals surface area contributed by atoms with E-state index in [2.05, 4.69) is 15.6 Å². The summed E-state index contributed by atoms with van der Waals surface area (Å²) in [4.78, 5) is 0. The molecule has 0 saturated heterocycles. The molecule has 0 radical (unpaired) electrons. The van der Waals surface area contributed by atoms with Crippen molar-refractivity contribution in [2.75, 3.05) is 0 Å². The molecule has 1 atom stereocenters. The summed E-state index contributed by atoms with van der Waals surface area (Å²) in [6.45, 7) is 7.62. The van der Waals surface area contributed by atoms with E-state index in [1.807, 2.05) is 39.8 Å². The molecule has 1 aromatic heterocycles. The first-order chi connectivity index (χ1) is 9.97. The van der Waals surface area contributed by atoms with E-state index in [0.29, 0.717) is 12.0 Å². The van der Waals surface area contributed by atoms with Crippen LogP contribution in [0.25, 0.3) is 0 Å². The van der Waals surface area contributed by atoms with Gasteiger partial charge >= 0.3 is 0 Å². The summed E-state index contributed by atoms with van der Waals surface area (Å²) in [7, 11) is 0. The molecule has 21 heavy (non-hydrogen) atoms. The third-order valence-electron chi connectivity index (χ3n) is 3.61. The lowest BCUT2D eigenvalue weighted by atomic mass is 9.92. The van der Waals surface area contributed by atoms with Gasteiger partial charge in [-0.25, -0.2) is 9.82 Å². The van der Waals surface area contributed by atoms with Crippen LogP contribution in [0.2, 0.25) is 0 Å². The number of nitrogens with one attached hydrogen (secondary N) is 1. The Morgan fingerprint density at radius 1 is 1.19 bits per heavy atom. The van der Waals surface area contributed by atoms with Crippen molar-refractivity contribution in [2.45, 2.75) is 40.2 Å². The Hall–Kier alpha value is -1.85. The molecule has 4 nitrogen and oxygen atoms in total. The van der Waals surface area contributed by atoms with E-state index >= 15 is 0 Å². The Balaban J connectivity index is 2.63. The van der Waals surface area contributed by atoms with Gasteiger partial charge in [-0.2, -0.15) is 10.2 Å². The molecule has 0 saturated carbocycles. The summed E-state index contributed by atoms with van der Waals surface area (Å²) < 4.78 is 14.4. The number of hydrazine groups is 1. The Kier molecular flexibility index (Phi) is 4.65. The van der Waals surface area contributed by atoms with Crippen LogP contribution in [0.5, 0.6) is 0 Å². The van der Waals surface area contributed by atoms with Gasteiger partial charge in [-0.1, -0.05) is 13.0 Å². The maximum absolute atomic E-state index is 14.4. The van der Waals surface area contributed by atoms with E-state index in [1.54, 1.807) is 0 Å². The minimum absolute atomic E-state index is 0.257. The van der Waals surface area contributed by atoms with Crippen molar-refractivity contribution < 1.29 is 4.39 Å². The zero-order valence-corrected chi connectivity index (χ0v) is 12.9. The van der Waals surface area contributed by atoms with Gasteiger partial charge in [0.25, 0.3) is 0 Å². The molecule has 0 bridgehead atoms. The van der Waals surface area contributed by atoms with E-state index in [9.17, 15) is 4.39 Å². The summed E-state index contributed by atoms with van der Waals surface area (Å²) in [6, 6.07) is 4.96. The van der Waals surface area contributed by atoms with Gasteiger partial charge in [0.2, 0.25) is 0 Å². The molecular formula is C16H21FN4. The number of nitrogens with zero attached hydrogens (tertiary/aromatic N) is 2. The molecule has 0 spiro atoms. The standard InChI is InChI=1S/C16H21FN4/c1-5-14-12(8-11(4)20-21-14)16(19-18)15-10(3)6-9(2)7-13(15)17/h6-8,16,19H,5,18H2,1-4H3. The summed E-state index contributed by atoms with van der Waals surface area (Å²) >= 11 is 0. The first-order valence-electron chi connectivity index (χ1n) is 7.03. The topological polar surface area (TPSA) is 63.8 Å². The minimum atomic E-state index is -0.435. The number of hydrogen-bond donors (Lipinski definition) is 2. The van der Waals surface area contributed by atoms with Crippen molar-refractivity contribution in [1.82, 2.24) is 15.6 Å². The molecule has 0 fully saturated rings. The Bertz CT molecular complexity index is 632. The smallest absolute Gasteiger partial charge is 0.128 e. The molecule has 0 aliphatic heterocycles. The SMILES string of the molecule is CCc1nnc(C)cc1C(NN)c1c(C)cc(C)cc1F. The van der Waals surface area contributed by atoms with Crippen molar-refractivity contribution >= 4 is 0 Å². The first-order valence-corrected chi connectivity index (χ1v) is 7.03. The zero-order valence-electron chi connectivity index (χ0n) is 12.9. The predicted molar refractivity (Wildman–Crippen MR) is 81.2 cm³/mol. The Morgan fingerprint density at radius 3 is 2.48 bits per heavy atom. The number of hydrogen-bond acceptors (Lipinski definition) is 4. The average Bonchev–Trinajstić information content (AvgIpc) is 2.42. The first kappa shape index (κ1) is 15.5. The Labute approximate surface area is 124 Å². The fraction of sp³-hybridized carbons (Fsp3) is 0.375. The van der Waals surface area contributed by atoms with E-state index in [-0.39, 0.29) is 5.82 Å². The van der Waals surface area contributed by atoms with Gasteiger partial charge in [0.05, 0.1) is 17.4 Å². The summed E-state index contributed by atoms with van der Waals surface area (Å²) in [6.07, 6.45) is 0.716. The number of benzene rings is 1. The van der Waals surface area contributed by atoms with Crippen molar-refractivity contribution in [3.05, 3.63) is 57.7 Å². The van der Waals surface area contributed by atoms with E-state index in [0.717, 1.165) is 28.1 Å². The van der Waals surface area contributed by atoms with Gasteiger partial charge in [0, 0.05) is 11.1 Å². The van der Waals surface area contributed by atoms with Crippen molar-refractivity contribution in [1.29, 1.82) is 0 Å². The molecule has 5 heteroatoms. The summed E-state index contributed by atoms with van der Waals surface area (Å²) in [5.41, 5.74) is 7.53. The van der Waals surface area contributed by atoms with Crippen LogP contribution >= 0.6 is 0 Å². The Morgan fingerprint density at radius 2 is 1.90 bits per heavy atom. The van der Waals surface area contributed by atoms with Crippen LogP contribution in [0.3, 0.4) is 0 Å². The number of aryl methyl sites for hydroxylation is 4. The molecular weight excluding hydrogens is 267 g/mol. The fourth-order valence-electron chi connectivity index (χ4n) is 2.68. The molecule has 2 rings (SSSR count). The lowest BCUT2D eigenvalue weighted by Crippen LogP contribution is -2.31. The predicted octanol–water partition coefficient (Wildman–Crippen LogP) is 2.66. The van der Waals surface area contributed by atoms with Crippen LogP contribution in [-0.2, 0) is 6.42 Å². The number of nitrogens with two attached hydrogens (primary N) is 1. The maximum Gasteiger partial charge on any atom is 0.128 e. The summed E-state index contributed by atoms with van der Waals surface area (Å²) in [5, 5.41) is 8.27.